The third kappa shape index (κ3) is 4.25. The van der Waals surface area contributed by atoms with Crippen molar-refractivity contribution < 1.29 is 0 Å². The summed E-state index contributed by atoms with van der Waals surface area (Å²) in [5.41, 5.74) is 5.94. The third-order valence-corrected chi connectivity index (χ3v) is 6.17. The second-order valence-corrected chi connectivity index (χ2v) is 8.42. The lowest BCUT2D eigenvalue weighted by Crippen LogP contribution is -2.34. The summed E-state index contributed by atoms with van der Waals surface area (Å²) < 4.78 is 2.08. The van der Waals surface area contributed by atoms with E-state index in [1.54, 1.807) is 11.3 Å². The van der Waals surface area contributed by atoms with Gasteiger partial charge in [0.05, 0.1) is 6.20 Å². The van der Waals surface area contributed by atoms with Crippen molar-refractivity contribution in [2.45, 2.75) is 52.6 Å². The van der Waals surface area contributed by atoms with E-state index in [9.17, 15) is 0 Å². The minimum atomic E-state index is 0.465. The van der Waals surface area contributed by atoms with E-state index in [-0.39, 0.29) is 0 Å². The molecule has 28 heavy (non-hydrogen) atoms. The summed E-state index contributed by atoms with van der Waals surface area (Å²) in [5.74, 6) is 0.465. The van der Waals surface area contributed by atoms with Crippen LogP contribution in [0.15, 0.2) is 29.9 Å². The predicted octanol–water partition coefficient (Wildman–Crippen LogP) is 4.49. The van der Waals surface area contributed by atoms with Crippen LogP contribution in [0.4, 0.5) is 10.8 Å². The third-order valence-electron chi connectivity index (χ3n) is 5.48. The summed E-state index contributed by atoms with van der Waals surface area (Å²) in [7, 11) is 0. The number of piperidine rings is 1. The van der Waals surface area contributed by atoms with Gasteiger partial charge in [0.2, 0.25) is 0 Å². The molecule has 0 unspecified atom stereocenters. The van der Waals surface area contributed by atoms with Crippen LogP contribution in [-0.2, 0) is 13.1 Å². The lowest BCUT2D eigenvalue weighted by atomic mass is 9.93. The normalized spacial score (nSPS) is 17.8. The molecule has 0 bridgehead atoms. The molecule has 0 spiro atoms. The molecule has 0 amide bonds. The Kier molecular flexibility index (Phi) is 5.73. The average Bonchev–Trinajstić information content (AvgIpc) is 3.32. The Hall–Kier alpha value is -2.25. The number of likely N-dealkylation sites (tertiary alicyclic amines) is 1. The van der Waals surface area contributed by atoms with Gasteiger partial charge in [-0.3, -0.25) is 14.6 Å². The molecule has 0 aliphatic carbocycles. The molecular weight excluding hydrogens is 368 g/mol. The van der Waals surface area contributed by atoms with Crippen LogP contribution in [0.25, 0.3) is 0 Å². The zero-order chi connectivity index (χ0) is 19.5. The van der Waals surface area contributed by atoms with E-state index in [4.69, 9.17) is 4.98 Å². The quantitative estimate of drug-likeness (QED) is 0.665. The number of aromatic nitrogens is 4. The smallest absolute Gasteiger partial charge is 0.187 e. The van der Waals surface area contributed by atoms with Crippen molar-refractivity contribution in [2.75, 3.05) is 18.4 Å². The largest absolute Gasteiger partial charge is 0.331 e. The van der Waals surface area contributed by atoms with Crippen LogP contribution in [0.2, 0.25) is 0 Å². The van der Waals surface area contributed by atoms with Crippen molar-refractivity contribution in [2.24, 2.45) is 0 Å². The molecule has 1 N–H and O–H groups in total. The predicted molar refractivity (Wildman–Crippen MR) is 114 cm³/mol. The second kappa shape index (κ2) is 8.41. The van der Waals surface area contributed by atoms with Gasteiger partial charge in [-0.1, -0.05) is 0 Å². The molecule has 1 atom stereocenters. The molecular formula is C21H28N6S. The SMILES string of the molecule is CCn1ncc(CN2CCC[C@@H](c3cc(Nc4nccs4)cc(C)n3)C2)c1C. The van der Waals surface area contributed by atoms with E-state index >= 15 is 0 Å². The van der Waals surface area contributed by atoms with Gasteiger partial charge in [0.15, 0.2) is 5.13 Å². The Balaban J connectivity index is 1.48. The van der Waals surface area contributed by atoms with Gasteiger partial charge in [0.1, 0.15) is 0 Å². The molecule has 0 saturated carbocycles. The highest BCUT2D eigenvalue weighted by molar-refractivity contribution is 7.13. The van der Waals surface area contributed by atoms with Crippen molar-refractivity contribution in [1.29, 1.82) is 0 Å². The van der Waals surface area contributed by atoms with E-state index in [0.717, 1.165) is 42.7 Å². The Labute approximate surface area is 170 Å². The average molecular weight is 397 g/mol. The van der Waals surface area contributed by atoms with E-state index in [1.165, 1.54) is 29.8 Å². The van der Waals surface area contributed by atoms with Crippen molar-refractivity contribution in [3.05, 3.63) is 52.6 Å². The summed E-state index contributed by atoms with van der Waals surface area (Å²) in [4.78, 5) is 11.7. The number of nitrogens with one attached hydrogen (secondary N) is 1. The standard InChI is InChI=1S/C21H28N6S/c1-4-27-16(3)18(12-23-27)14-26-8-5-6-17(13-26)20-11-19(10-15(2)24-20)25-21-22-7-9-28-21/h7,9-12,17H,4-6,8,13-14H2,1-3H3,(H,22,24,25)/t17-/m1/s1. The number of hydrogen-bond acceptors (Lipinski definition) is 6. The molecule has 1 saturated heterocycles. The lowest BCUT2D eigenvalue weighted by Gasteiger charge is -2.32. The van der Waals surface area contributed by atoms with Crippen molar-refractivity contribution >= 4 is 22.2 Å². The highest BCUT2D eigenvalue weighted by Crippen LogP contribution is 2.30. The topological polar surface area (TPSA) is 58.9 Å². The minimum Gasteiger partial charge on any atom is -0.331 e. The molecule has 4 rings (SSSR count). The fourth-order valence-corrected chi connectivity index (χ4v) is 4.57. The number of rotatable bonds is 6. The number of nitrogens with zero attached hydrogens (tertiary/aromatic N) is 5. The second-order valence-electron chi connectivity index (χ2n) is 7.53. The summed E-state index contributed by atoms with van der Waals surface area (Å²) in [6.45, 7) is 10.5. The van der Waals surface area contributed by atoms with Crippen molar-refractivity contribution in [3.8, 4) is 0 Å². The molecule has 3 aromatic rings. The minimum absolute atomic E-state index is 0.465. The number of thiazole rings is 1. The summed E-state index contributed by atoms with van der Waals surface area (Å²) in [6, 6.07) is 4.29. The number of aryl methyl sites for hydroxylation is 2. The summed E-state index contributed by atoms with van der Waals surface area (Å²) in [6.07, 6.45) is 6.25. The molecule has 0 radical (unpaired) electrons. The number of hydrogen-bond donors (Lipinski definition) is 1. The first-order chi connectivity index (χ1) is 13.6. The van der Waals surface area contributed by atoms with Gasteiger partial charge in [0, 0.05) is 65.5 Å². The Morgan fingerprint density at radius 1 is 1.29 bits per heavy atom. The van der Waals surface area contributed by atoms with E-state index in [1.807, 2.05) is 17.8 Å². The molecule has 1 aliphatic rings. The van der Waals surface area contributed by atoms with Crippen LogP contribution in [0.3, 0.4) is 0 Å². The van der Waals surface area contributed by atoms with Crippen LogP contribution in [0.5, 0.6) is 0 Å². The first-order valence-corrected chi connectivity index (χ1v) is 10.9. The maximum atomic E-state index is 4.86. The van der Waals surface area contributed by atoms with Crippen molar-refractivity contribution in [1.82, 2.24) is 24.6 Å². The fourth-order valence-electron chi connectivity index (χ4n) is 4.02. The van der Waals surface area contributed by atoms with E-state index in [2.05, 4.69) is 57.9 Å². The Morgan fingerprint density at radius 2 is 2.18 bits per heavy atom. The molecule has 4 heterocycles. The highest BCUT2D eigenvalue weighted by Gasteiger charge is 2.24. The van der Waals surface area contributed by atoms with Gasteiger partial charge in [-0.05, 0) is 52.3 Å². The number of pyridine rings is 1. The zero-order valence-electron chi connectivity index (χ0n) is 16.9. The first-order valence-electron chi connectivity index (χ1n) is 10.0. The molecule has 0 aromatic carbocycles. The monoisotopic (exact) mass is 396 g/mol. The van der Waals surface area contributed by atoms with Gasteiger partial charge < -0.3 is 5.32 Å². The van der Waals surface area contributed by atoms with Crippen LogP contribution in [-0.4, -0.2) is 37.7 Å². The van der Waals surface area contributed by atoms with Gasteiger partial charge in [-0.2, -0.15) is 5.10 Å². The number of anilines is 2. The molecule has 3 aromatic heterocycles. The van der Waals surface area contributed by atoms with E-state index in [0.29, 0.717) is 5.92 Å². The van der Waals surface area contributed by atoms with Crippen LogP contribution < -0.4 is 5.32 Å². The zero-order valence-corrected chi connectivity index (χ0v) is 17.7. The van der Waals surface area contributed by atoms with Gasteiger partial charge in [0.25, 0.3) is 0 Å². The summed E-state index contributed by atoms with van der Waals surface area (Å²) in [5, 5.41) is 10.8. The molecule has 148 valence electrons. The Morgan fingerprint density at radius 3 is 2.93 bits per heavy atom. The maximum Gasteiger partial charge on any atom is 0.187 e. The molecule has 7 heteroatoms. The highest BCUT2D eigenvalue weighted by atomic mass is 32.1. The Bertz CT molecular complexity index is 917. The molecule has 6 nitrogen and oxygen atoms in total. The van der Waals surface area contributed by atoms with Gasteiger partial charge in [-0.15, -0.1) is 11.3 Å². The fraction of sp³-hybridized carbons (Fsp3) is 0.476. The first kappa shape index (κ1) is 19.1. The van der Waals surface area contributed by atoms with Gasteiger partial charge >= 0.3 is 0 Å². The molecule has 1 fully saturated rings. The van der Waals surface area contributed by atoms with E-state index < -0.39 is 0 Å². The lowest BCUT2D eigenvalue weighted by molar-refractivity contribution is 0.198. The van der Waals surface area contributed by atoms with Crippen LogP contribution in [0, 0.1) is 13.8 Å². The van der Waals surface area contributed by atoms with Crippen molar-refractivity contribution in [3.63, 3.8) is 0 Å². The van der Waals surface area contributed by atoms with Crippen LogP contribution >= 0.6 is 11.3 Å². The van der Waals surface area contributed by atoms with Gasteiger partial charge in [-0.25, -0.2) is 4.98 Å². The molecule has 1 aliphatic heterocycles. The summed E-state index contributed by atoms with van der Waals surface area (Å²) >= 11 is 1.61. The van der Waals surface area contributed by atoms with Crippen LogP contribution in [0.1, 0.15) is 48.3 Å². The maximum absolute atomic E-state index is 4.86.